The van der Waals surface area contributed by atoms with Crippen LogP contribution in [0.25, 0.3) is 0 Å². The zero-order valence-electron chi connectivity index (χ0n) is 19.2. The van der Waals surface area contributed by atoms with Gasteiger partial charge in [0.1, 0.15) is 6.54 Å². The van der Waals surface area contributed by atoms with Gasteiger partial charge in [-0.2, -0.15) is 0 Å². The summed E-state index contributed by atoms with van der Waals surface area (Å²) in [7, 11) is 0. The number of amides is 2. The average Bonchev–Trinajstić information content (AvgIpc) is 3.25. The van der Waals surface area contributed by atoms with Crippen molar-refractivity contribution >= 4 is 23.2 Å². The van der Waals surface area contributed by atoms with Gasteiger partial charge in [0.05, 0.1) is 6.04 Å². The molecule has 0 bridgehead atoms. The Kier molecular flexibility index (Phi) is 6.20. The Morgan fingerprint density at radius 2 is 1.72 bits per heavy atom. The minimum absolute atomic E-state index is 0.0216. The van der Waals surface area contributed by atoms with Crippen molar-refractivity contribution in [1.82, 2.24) is 9.80 Å². The first-order chi connectivity index (χ1) is 15.3. The Hall–Kier alpha value is -2.92. The number of carbonyl (C=O) groups excluding carboxylic acids is 2. The van der Waals surface area contributed by atoms with Gasteiger partial charge in [-0.05, 0) is 68.8 Å². The van der Waals surface area contributed by atoms with E-state index in [9.17, 15) is 9.59 Å². The second-order valence-corrected chi connectivity index (χ2v) is 10.4. The van der Waals surface area contributed by atoms with Gasteiger partial charge in [0.15, 0.2) is 0 Å². The van der Waals surface area contributed by atoms with Crippen molar-refractivity contribution in [3.05, 3.63) is 93.2 Å². The normalized spacial score (nSPS) is 15.9. The van der Waals surface area contributed by atoms with Crippen LogP contribution in [0.3, 0.4) is 0 Å². The van der Waals surface area contributed by atoms with E-state index < -0.39 is 5.54 Å². The SMILES string of the molecule is Cc1ccc(C2c3ccsc3CCN2C(=O)CN(C(=O)c2ccccc2)C(C)(C)C)cc1. The zero-order valence-corrected chi connectivity index (χ0v) is 20.0. The molecule has 1 unspecified atom stereocenters. The van der Waals surface area contributed by atoms with Crippen LogP contribution in [-0.2, 0) is 11.2 Å². The van der Waals surface area contributed by atoms with Gasteiger partial charge in [0.2, 0.25) is 5.91 Å². The zero-order chi connectivity index (χ0) is 22.9. The van der Waals surface area contributed by atoms with Gasteiger partial charge in [-0.1, -0.05) is 48.0 Å². The van der Waals surface area contributed by atoms with E-state index in [4.69, 9.17) is 0 Å². The first-order valence-corrected chi connectivity index (χ1v) is 11.9. The lowest BCUT2D eigenvalue weighted by Gasteiger charge is -2.40. The summed E-state index contributed by atoms with van der Waals surface area (Å²) in [5.41, 5.74) is 3.63. The van der Waals surface area contributed by atoms with Gasteiger partial charge in [-0.3, -0.25) is 9.59 Å². The van der Waals surface area contributed by atoms with E-state index in [0.29, 0.717) is 12.1 Å². The largest absolute Gasteiger partial charge is 0.330 e. The minimum atomic E-state index is -0.481. The first-order valence-electron chi connectivity index (χ1n) is 11.0. The van der Waals surface area contributed by atoms with Crippen LogP contribution in [0.15, 0.2) is 66.0 Å². The van der Waals surface area contributed by atoms with Crippen LogP contribution in [0, 0.1) is 6.92 Å². The fourth-order valence-electron chi connectivity index (χ4n) is 4.27. The molecular formula is C27H30N2O2S. The van der Waals surface area contributed by atoms with Crippen LogP contribution in [-0.4, -0.2) is 40.2 Å². The molecule has 2 amide bonds. The number of carbonyl (C=O) groups is 2. The van der Waals surface area contributed by atoms with E-state index in [1.54, 1.807) is 28.4 Å². The molecule has 0 saturated heterocycles. The molecule has 0 spiro atoms. The third kappa shape index (κ3) is 4.49. The topological polar surface area (TPSA) is 40.6 Å². The summed E-state index contributed by atoms with van der Waals surface area (Å²) >= 11 is 1.76. The smallest absolute Gasteiger partial charge is 0.254 e. The molecule has 32 heavy (non-hydrogen) atoms. The summed E-state index contributed by atoms with van der Waals surface area (Å²) in [6.45, 7) is 8.71. The van der Waals surface area contributed by atoms with Crippen LogP contribution in [0.4, 0.5) is 0 Å². The molecule has 2 aromatic carbocycles. The Bertz CT molecular complexity index is 1100. The van der Waals surface area contributed by atoms with Gasteiger partial charge in [0, 0.05) is 22.5 Å². The first kappa shape index (κ1) is 22.3. The highest BCUT2D eigenvalue weighted by Gasteiger charge is 2.36. The second kappa shape index (κ2) is 8.91. The number of hydrogen-bond donors (Lipinski definition) is 0. The standard InChI is InChI=1S/C27H30N2O2S/c1-19-10-12-20(13-11-19)25-22-15-17-32-23(22)14-16-28(25)24(30)18-29(27(2,3)4)26(31)21-8-6-5-7-9-21/h5-13,15,17,25H,14,16,18H2,1-4H3. The highest BCUT2D eigenvalue weighted by molar-refractivity contribution is 7.10. The third-order valence-electron chi connectivity index (χ3n) is 6.05. The molecule has 3 aromatic rings. The highest BCUT2D eigenvalue weighted by atomic mass is 32.1. The molecule has 0 N–H and O–H groups in total. The van der Waals surface area contributed by atoms with Crippen molar-refractivity contribution in [2.45, 2.75) is 45.7 Å². The van der Waals surface area contributed by atoms with Crippen molar-refractivity contribution in [3.63, 3.8) is 0 Å². The number of fused-ring (bicyclic) bond motifs is 1. The maximum atomic E-state index is 13.7. The Morgan fingerprint density at radius 1 is 1.03 bits per heavy atom. The summed E-state index contributed by atoms with van der Waals surface area (Å²) in [5, 5.41) is 2.11. The number of hydrogen-bond acceptors (Lipinski definition) is 3. The van der Waals surface area contributed by atoms with Gasteiger partial charge in [-0.15, -0.1) is 11.3 Å². The maximum absolute atomic E-state index is 13.7. The maximum Gasteiger partial charge on any atom is 0.254 e. The summed E-state index contributed by atoms with van der Waals surface area (Å²) in [4.78, 5) is 32.0. The van der Waals surface area contributed by atoms with Crippen molar-refractivity contribution < 1.29 is 9.59 Å². The monoisotopic (exact) mass is 446 g/mol. The highest BCUT2D eigenvalue weighted by Crippen LogP contribution is 2.38. The van der Waals surface area contributed by atoms with Crippen molar-refractivity contribution in [3.8, 4) is 0 Å². The van der Waals surface area contributed by atoms with Crippen molar-refractivity contribution in [1.29, 1.82) is 0 Å². The Labute approximate surface area is 194 Å². The number of thiophene rings is 1. The number of nitrogens with zero attached hydrogens (tertiary/aromatic N) is 2. The summed E-state index contributed by atoms with van der Waals surface area (Å²) < 4.78 is 0. The molecule has 1 aromatic heterocycles. The predicted octanol–water partition coefficient (Wildman–Crippen LogP) is 5.47. The molecule has 0 radical (unpaired) electrons. The fourth-order valence-corrected chi connectivity index (χ4v) is 5.17. The Balaban J connectivity index is 1.65. The summed E-state index contributed by atoms with van der Waals surface area (Å²) in [5.74, 6) is -0.141. The molecule has 2 heterocycles. The molecule has 1 aliphatic rings. The molecule has 0 fully saturated rings. The van der Waals surface area contributed by atoms with Gasteiger partial charge in [-0.25, -0.2) is 0 Å². The van der Waals surface area contributed by atoms with E-state index >= 15 is 0 Å². The van der Waals surface area contributed by atoms with Crippen LogP contribution in [0.2, 0.25) is 0 Å². The van der Waals surface area contributed by atoms with E-state index in [1.165, 1.54) is 16.0 Å². The lowest BCUT2D eigenvalue weighted by atomic mass is 9.92. The quantitative estimate of drug-likeness (QED) is 0.533. The molecule has 0 aliphatic carbocycles. The van der Waals surface area contributed by atoms with E-state index in [2.05, 4.69) is 42.6 Å². The predicted molar refractivity (Wildman–Crippen MR) is 130 cm³/mol. The van der Waals surface area contributed by atoms with Gasteiger partial charge in [0.25, 0.3) is 5.91 Å². The fraction of sp³-hybridized carbons (Fsp3) is 0.333. The summed E-state index contributed by atoms with van der Waals surface area (Å²) in [6.07, 6.45) is 0.850. The molecular weight excluding hydrogens is 416 g/mol. The van der Waals surface area contributed by atoms with Crippen molar-refractivity contribution in [2.24, 2.45) is 0 Å². The van der Waals surface area contributed by atoms with Crippen LogP contribution in [0.5, 0.6) is 0 Å². The lowest BCUT2D eigenvalue weighted by molar-refractivity contribution is -0.135. The Morgan fingerprint density at radius 3 is 2.38 bits per heavy atom. The van der Waals surface area contributed by atoms with Crippen LogP contribution >= 0.6 is 11.3 Å². The molecule has 5 heteroatoms. The molecule has 1 atom stereocenters. The van der Waals surface area contributed by atoms with E-state index in [1.807, 2.05) is 43.9 Å². The number of aryl methyl sites for hydroxylation is 1. The van der Waals surface area contributed by atoms with Crippen molar-refractivity contribution in [2.75, 3.05) is 13.1 Å². The minimum Gasteiger partial charge on any atom is -0.330 e. The van der Waals surface area contributed by atoms with Crippen LogP contribution < -0.4 is 0 Å². The molecule has 0 saturated carbocycles. The van der Waals surface area contributed by atoms with E-state index in [0.717, 1.165) is 12.0 Å². The number of rotatable bonds is 4. The van der Waals surface area contributed by atoms with Crippen LogP contribution in [0.1, 0.15) is 58.7 Å². The van der Waals surface area contributed by atoms with Gasteiger partial charge < -0.3 is 9.80 Å². The van der Waals surface area contributed by atoms with Gasteiger partial charge >= 0.3 is 0 Å². The molecule has 166 valence electrons. The van der Waals surface area contributed by atoms with E-state index in [-0.39, 0.29) is 24.4 Å². The molecule has 1 aliphatic heterocycles. The average molecular weight is 447 g/mol. The number of benzene rings is 2. The molecule has 4 nitrogen and oxygen atoms in total. The lowest BCUT2D eigenvalue weighted by Crippen LogP contribution is -2.52. The third-order valence-corrected chi connectivity index (χ3v) is 7.04. The summed E-state index contributed by atoms with van der Waals surface area (Å²) in [6, 6.07) is 19.6. The second-order valence-electron chi connectivity index (χ2n) is 9.38. The molecule has 4 rings (SSSR count).